The highest BCUT2D eigenvalue weighted by atomic mass is 35.5. The van der Waals surface area contributed by atoms with Gasteiger partial charge in [-0.05, 0) is 45.7 Å². The molecule has 1 aromatic rings. The predicted octanol–water partition coefficient (Wildman–Crippen LogP) is 5.30. The molecule has 22 heavy (non-hydrogen) atoms. The lowest BCUT2D eigenvalue weighted by atomic mass is 9.71. The number of ether oxygens (including phenoxy) is 1. The number of halogens is 1. The molecule has 4 heteroatoms. The first-order valence-electron chi connectivity index (χ1n) is 8.12. The Bertz CT molecular complexity index is 585. The van der Waals surface area contributed by atoms with Crippen molar-refractivity contribution in [2.75, 3.05) is 11.4 Å². The number of rotatable bonds is 0. The van der Waals surface area contributed by atoms with Crippen molar-refractivity contribution in [3.8, 4) is 0 Å². The van der Waals surface area contributed by atoms with E-state index in [0.717, 1.165) is 29.1 Å². The van der Waals surface area contributed by atoms with Gasteiger partial charge in [-0.25, -0.2) is 4.79 Å². The second kappa shape index (κ2) is 5.45. The van der Waals surface area contributed by atoms with Gasteiger partial charge in [0.15, 0.2) is 0 Å². The number of hydrogen-bond donors (Lipinski definition) is 0. The van der Waals surface area contributed by atoms with Crippen LogP contribution < -0.4 is 4.90 Å². The minimum absolute atomic E-state index is 0.0167. The lowest BCUT2D eigenvalue weighted by Gasteiger charge is -2.34. The molecule has 0 saturated heterocycles. The van der Waals surface area contributed by atoms with Crippen molar-refractivity contribution in [2.45, 2.75) is 63.9 Å². The maximum atomic E-state index is 12.6. The highest BCUT2D eigenvalue weighted by Crippen LogP contribution is 2.52. The Morgan fingerprint density at radius 1 is 1.23 bits per heavy atom. The smallest absolute Gasteiger partial charge is 0.414 e. The zero-order valence-corrected chi connectivity index (χ0v) is 14.4. The summed E-state index contributed by atoms with van der Waals surface area (Å²) in [5.74, 6) is 0. The van der Waals surface area contributed by atoms with Gasteiger partial charge in [0.05, 0.1) is 5.69 Å². The lowest BCUT2D eigenvalue weighted by Crippen LogP contribution is -2.41. The molecule has 3 rings (SSSR count). The summed E-state index contributed by atoms with van der Waals surface area (Å²) in [6, 6.07) is 5.85. The van der Waals surface area contributed by atoms with Gasteiger partial charge in [-0.1, -0.05) is 36.9 Å². The third kappa shape index (κ3) is 2.71. The summed E-state index contributed by atoms with van der Waals surface area (Å²) in [7, 11) is 0. The third-order valence-electron chi connectivity index (χ3n) is 4.70. The van der Waals surface area contributed by atoms with E-state index in [4.69, 9.17) is 16.3 Å². The van der Waals surface area contributed by atoms with Crippen LogP contribution in [0.1, 0.15) is 58.4 Å². The molecule has 0 radical (unpaired) electrons. The molecule has 0 unspecified atom stereocenters. The molecule has 1 aliphatic carbocycles. The Morgan fingerprint density at radius 3 is 2.55 bits per heavy atom. The molecular weight excluding hydrogens is 298 g/mol. The van der Waals surface area contributed by atoms with Crippen LogP contribution in [-0.2, 0) is 10.2 Å². The SMILES string of the molecule is CC(C)(C)OC(=O)N1CC2(CCCCC2)c2c(Cl)cccc21. The van der Waals surface area contributed by atoms with Gasteiger partial charge in [0, 0.05) is 22.5 Å². The summed E-state index contributed by atoms with van der Waals surface area (Å²) >= 11 is 6.52. The molecule has 1 fully saturated rings. The van der Waals surface area contributed by atoms with E-state index >= 15 is 0 Å². The second-order valence-electron chi connectivity index (χ2n) is 7.54. The number of anilines is 1. The van der Waals surface area contributed by atoms with Gasteiger partial charge < -0.3 is 4.74 Å². The number of fused-ring (bicyclic) bond motifs is 2. The second-order valence-corrected chi connectivity index (χ2v) is 7.95. The Kier molecular flexibility index (Phi) is 3.88. The number of hydrogen-bond acceptors (Lipinski definition) is 2. The highest BCUT2D eigenvalue weighted by molar-refractivity contribution is 6.32. The zero-order chi connectivity index (χ0) is 16.0. The fraction of sp³-hybridized carbons (Fsp3) is 0.611. The van der Waals surface area contributed by atoms with Crippen LogP contribution in [0.2, 0.25) is 5.02 Å². The minimum atomic E-state index is -0.488. The van der Waals surface area contributed by atoms with E-state index in [2.05, 4.69) is 0 Å². The van der Waals surface area contributed by atoms with Gasteiger partial charge in [-0.15, -0.1) is 0 Å². The molecule has 3 nitrogen and oxygen atoms in total. The van der Waals surface area contributed by atoms with Crippen molar-refractivity contribution >= 4 is 23.4 Å². The molecule has 2 aliphatic rings. The molecule has 0 N–H and O–H groups in total. The van der Waals surface area contributed by atoms with Crippen molar-refractivity contribution in [3.05, 3.63) is 28.8 Å². The largest absolute Gasteiger partial charge is 0.443 e. The Hall–Kier alpha value is -1.22. The Balaban J connectivity index is 1.99. The fourth-order valence-electron chi connectivity index (χ4n) is 3.85. The number of carbonyl (C=O) groups is 1. The molecule has 1 aliphatic heterocycles. The summed E-state index contributed by atoms with van der Waals surface area (Å²) in [5, 5.41) is 0.783. The summed E-state index contributed by atoms with van der Waals surface area (Å²) in [6.45, 7) is 6.39. The molecule has 120 valence electrons. The van der Waals surface area contributed by atoms with Crippen LogP contribution in [0, 0.1) is 0 Å². The van der Waals surface area contributed by atoms with E-state index in [1.165, 1.54) is 19.3 Å². The van der Waals surface area contributed by atoms with Gasteiger partial charge in [-0.3, -0.25) is 4.90 Å². The number of carbonyl (C=O) groups excluding carboxylic acids is 1. The number of amides is 1. The predicted molar refractivity (Wildman–Crippen MR) is 89.8 cm³/mol. The number of benzene rings is 1. The third-order valence-corrected chi connectivity index (χ3v) is 5.01. The van der Waals surface area contributed by atoms with Crippen molar-refractivity contribution in [3.63, 3.8) is 0 Å². The maximum absolute atomic E-state index is 12.6. The molecule has 1 aromatic carbocycles. The van der Waals surface area contributed by atoms with Crippen LogP contribution in [-0.4, -0.2) is 18.2 Å². The van der Waals surface area contributed by atoms with Gasteiger partial charge in [0.25, 0.3) is 0 Å². The first-order chi connectivity index (χ1) is 10.3. The van der Waals surface area contributed by atoms with Crippen molar-refractivity contribution in [1.29, 1.82) is 0 Å². The van der Waals surface area contributed by atoms with E-state index < -0.39 is 5.60 Å². The fourth-order valence-corrected chi connectivity index (χ4v) is 4.22. The molecule has 1 spiro atoms. The normalized spacial score (nSPS) is 20.1. The minimum Gasteiger partial charge on any atom is -0.443 e. The molecular formula is C18H24ClNO2. The van der Waals surface area contributed by atoms with E-state index in [1.54, 1.807) is 4.90 Å². The average molecular weight is 322 g/mol. The molecule has 1 saturated carbocycles. The summed E-state index contributed by atoms with van der Waals surface area (Å²) in [5.41, 5.74) is 1.62. The summed E-state index contributed by atoms with van der Waals surface area (Å²) < 4.78 is 5.60. The molecule has 0 bridgehead atoms. The topological polar surface area (TPSA) is 29.5 Å². The van der Waals surface area contributed by atoms with Gasteiger partial charge >= 0.3 is 6.09 Å². The maximum Gasteiger partial charge on any atom is 0.414 e. The van der Waals surface area contributed by atoms with E-state index in [0.29, 0.717) is 6.54 Å². The first kappa shape index (κ1) is 15.7. The average Bonchev–Trinajstić information content (AvgIpc) is 2.74. The monoisotopic (exact) mass is 321 g/mol. The quantitative estimate of drug-likeness (QED) is 0.649. The number of nitrogens with zero attached hydrogens (tertiary/aromatic N) is 1. The van der Waals surface area contributed by atoms with Crippen LogP contribution in [0.3, 0.4) is 0 Å². The van der Waals surface area contributed by atoms with E-state index in [9.17, 15) is 4.79 Å². The Labute approximate surface area is 137 Å². The standard InChI is InChI=1S/C18H24ClNO2/c1-17(2,3)22-16(21)20-12-18(10-5-4-6-11-18)15-13(19)8-7-9-14(15)20/h7-9H,4-6,10-12H2,1-3H3. The molecule has 1 amide bonds. The highest BCUT2D eigenvalue weighted by Gasteiger charge is 2.47. The molecule has 0 aromatic heterocycles. The van der Waals surface area contributed by atoms with E-state index in [-0.39, 0.29) is 11.5 Å². The van der Waals surface area contributed by atoms with Crippen LogP contribution in [0.5, 0.6) is 0 Å². The Morgan fingerprint density at radius 2 is 1.91 bits per heavy atom. The summed E-state index contributed by atoms with van der Waals surface area (Å²) in [4.78, 5) is 14.4. The summed E-state index contributed by atoms with van der Waals surface area (Å²) in [6.07, 6.45) is 5.61. The van der Waals surface area contributed by atoms with Crippen molar-refractivity contribution in [1.82, 2.24) is 0 Å². The zero-order valence-electron chi connectivity index (χ0n) is 13.6. The van der Waals surface area contributed by atoms with Crippen LogP contribution >= 0.6 is 11.6 Å². The van der Waals surface area contributed by atoms with Gasteiger partial charge in [-0.2, -0.15) is 0 Å². The van der Waals surface area contributed by atoms with E-state index in [1.807, 2.05) is 39.0 Å². The molecule has 1 heterocycles. The van der Waals surface area contributed by atoms with Crippen molar-refractivity contribution < 1.29 is 9.53 Å². The van der Waals surface area contributed by atoms with Crippen LogP contribution in [0.15, 0.2) is 18.2 Å². The van der Waals surface area contributed by atoms with Gasteiger partial charge in [0.2, 0.25) is 0 Å². The van der Waals surface area contributed by atoms with Crippen LogP contribution in [0.4, 0.5) is 10.5 Å². The van der Waals surface area contributed by atoms with Crippen LogP contribution in [0.25, 0.3) is 0 Å². The lowest BCUT2D eigenvalue weighted by molar-refractivity contribution is 0.0575. The molecule has 0 atom stereocenters. The first-order valence-corrected chi connectivity index (χ1v) is 8.50. The van der Waals surface area contributed by atoms with Gasteiger partial charge in [0.1, 0.15) is 5.60 Å². The van der Waals surface area contributed by atoms with Crippen molar-refractivity contribution in [2.24, 2.45) is 0 Å².